The number of aromatic nitrogens is 1. The van der Waals surface area contributed by atoms with Crippen LogP contribution < -0.4 is 0 Å². The predicted molar refractivity (Wildman–Crippen MR) is 68.3 cm³/mol. The molecule has 2 rings (SSSR count). The molecule has 4 nitrogen and oxygen atoms in total. The van der Waals surface area contributed by atoms with Gasteiger partial charge in [-0.25, -0.2) is 0 Å². The quantitative estimate of drug-likeness (QED) is 0.780. The fourth-order valence-corrected chi connectivity index (χ4v) is 2.28. The van der Waals surface area contributed by atoms with Crippen LogP contribution in [-0.2, 0) is 0 Å². The molecule has 0 spiro atoms. The summed E-state index contributed by atoms with van der Waals surface area (Å²) in [5, 5.41) is 0. The highest BCUT2D eigenvalue weighted by atomic mass is 16.1. The minimum Gasteiger partial charge on any atom is -0.359 e. The van der Waals surface area contributed by atoms with Gasteiger partial charge in [-0.05, 0) is 25.1 Å². The third-order valence-electron chi connectivity index (χ3n) is 3.27. The van der Waals surface area contributed by atoms with Gasteiger partial charge >= 0.3 is 0 Å². The van der Waals surface area contributed by atoms with Crippen molar-refractivity contribution in [3.8, 4) is 0 Å². The molecule has 1 saturated heterocycles. The lowest BCUT2D eigenvalue weighted by Gasteiger charge is -2.33. The van der Waals surface area contributed by atoms with Crippen molar-refractivity contribution in [3.63, 3.8) is 0 Å². The number of nitrogens with one attached hydrogen (secondary N) is 1. The van der Waals surface area contributed by atoms with Crippen LogP contribution in [0.5, 0.6) is 0 Å². The van der Waals surface area contributed by atoms with E-state index in [0.29, 0.717) is 6.54 Å². The molecule has 1 aromatic heterocycles. The first kappa shape index (κ1) is 12.3. The fraction of sp³-hybridized carbons (Fsp3) is 0.615. The summed E-state index contributed by atoms with van der Waals surface area (Å²) in [6, 6.07) is 3.71. The van der Waals surface area contributed by atoms with Gasteiger partial charge in [-0.1, -0.05) is 6.92 Å². The molecule has 1 aromatic rings. The summed E-state index contributed by atoms with van der Waals surface area (Å²) in [5.41, 5.74) is 0.723. The number of Topliss-reactive ketones (excluding diaryl/α,β-unsaturated/α-hetero) is 1. The first-order valence-electron chi connectivity index (χ1n) is 6.41. The van der Waals surface area contributed by atoms with E-state index in [-0.39, 0.29) is 5.78 Å². The maximum absolute atomic E-state index is 11.9. The number of nitrogens with zero attached hydrogens (tertiary/aromatic N) is 2. The fourth-order valence-electron chi connectivity index (χ4n) is 2.28. The van der Waals surface area contributed by atoms with Gasteiger partial charge in [0.15, 0.2) is 5.78 Å². The van der Waals surface area contributed by atoms with E-state index in [1.165, 1.54) is 13.0 Å². The molecule has 0 radical (unpaired) electrons. The number of aromatic amines is 1. The molecule has 0 aliphatic carbocycles. The van der Waals surface area contributed by atoms with Crippen LogP contribution in [0, 0.1) is 0 Å². The van der Waals surface area contributed by atoms with Crippen LogP contribution in [0.4, 0.5) is 0 Å². The zero-order valence-electron chi connectivity index (χ0n) is 10.5. The zero-order valence-corrected chi connectivity index (χ0v) is 10.5. The van der Waals surface area contributed by atoms with E-state index in [1.54, 1.807) is 6.20 Å². The Hall–Kier alpha value is -1.13. The SMILES string of the molecule is CCCN1CCN(CC(=O)c2ccc[nH]2)CC1. The van der Waals surface area contributed by atoms with E-state index in [0.717, 1.165) is 31.9 Å². The maximum Gasteiger partial charge on any atom is 0.192 e. The summed E-state index contributed by atoms with van der Waals surface area (Å²) >= 11 is 0. The smallest absolute Gasteiger partial charge is 0.192 e. The molecule has 0 saturated carbocycles. The second-order valence-corrected chi connectivity index (χ2v) is 4.62. The van der Waals surface area contributed by atoms with Crippen molar-refractivity contribution >= 4 is 5.78 Å². The van der Waals surface area contributed by atoms with Crippen molar-refractivity contribution in [1.29, 1.82) is 0 Å². The lowest BCUT2D eigenvalue weighted by molar-refractivity contribution is 0.0849. The summed E-state index contributed by atoms with van der Waals surface area (Å²) in [4.78, 5) is 19.6. The molecule has 0 atom stereocenters. The topological polar surface area (TPSA) is 39.3 Å². The Morgan fingerprint density at radius 3 is 2.59 bits per heavy atom. The maximum atomic E-state index is 11.9. The van der Waals surface area contributed by atoms with E-state index in [2.05, 4.69) is 21.7 Å². The molecule has 0 amide bonds. The highest BCUT2D eigenvalue weighted by molar-refractivity contribution is 5.95. The molecular formula is C13H21N3O. The van der Waals surface area contributed by atoms with Crippen LogP contribution in [0.15, 0.2) is 18.3 Å². The van der Waals surface area contributed by atoms with Gasteiger partial charge in [-0.3, -0.25) is 9.69 Å². The van der Waals surface area contributed by atoms with Crippen molar-refractivity contribution in [1.82, 2.24) is 14.8 Å². The molecule has 1 aliphatic rings. The van der Waals surface area contributed by atoms with Crippen molar-refractivity contribution < 1.29 is 4.79 Å². The molecule has 0 aromatic carbocycles. The van der Waals surface area contributed by atoms with E-state index < -0.39 is 0 Å². The average molecular weight is 235 g/mol. The Morgan fingerprint density at radius 1 is 1.29 bits per heavy atom. The first-order valence-corrected chi connectivity index (χ1v) is 6.41. The van der Waals surface area contributed by atoms with Crippen molar-refractivity contribution in [2.45, 2.75) is 13.3 Å². The summed E-state index contributed by atoms with van der Waals surface area (Å²) in [5.74, 6) is 0.193. The highest BCUT2D eigenvalue weighted by Gasteiger charge is 2.18. The first-order chi connectivity index (χ1) is 8.29. The number of carbonyl (C=O) groups excluding carboxylic acids is 1. The molecule has 17 heavy (non-hydrogen) atoms. The number of carbonyl (C=O) groups is 1. The molecule has 1 fully saturated rings. The van der Waals surface area contributed by atoms with Gasteiger partial charge in [0.1, 0.15) is 0 Å². The van der Waals surface area contributed by atoms with Gasteiger partial charge < -0.3 is 9.88 Å². The Balaban J connectivity index is 1.76. The number of rotatable bonds is 5. The molecular weight excluding hydrogens is 214 g/mol. The Morgan fingerprint density at radius 2 is 2.00 bits per heavy atom. The summed E-state index contributed by atoms with van der Waals surface area (Å²) in [6.07, 6.45) is 3.01. The largest absolute Gasteiger partial charge is 0.359 e. The standard InChI is InChI=1S/C13H21N3O/c1-2-6-15-7-9-16(10-8-15)11-13(17)12-4-3-5-14-12/h3-5,14H,2,6-11H2,1H3. The number of hydrogen-bond donors (Lipinski definition) is 1. The average Bonchev–Trinajstić information content (AvgIpc) is 2.86. The van der Waals surface area contributed by atoms with Crippen LogP contribution in [0.1, 0.15) is 23.8 Å². The van der Waals surface area contributed by atoms with E-state index in [9.17, 15) is 4.79 Å². The van der Waals surface area contributed by atoms with Gasteiger partial charge in [-0.15, -0.1) is 0 Å². The molecule has 0 unspecified atom stereocenters. The Bertz CT molecular complexity index is 340. The second kappa shape index (κ2) is 5.98. The number of piperazine rings is 1. The third-order valence-corrected chi connectivity index (χ3v) is 3.27. The summed E-state index contributed by atoms with van der Waals surface area (Å²) < 4.78 is 0. The number of ketones is 1. The van der Waals surface area contributed by atoms with Crippen molar-refractivity contribution in [2.24, 2.45) is 0 Å². The van der Waals surface area contributed by atoms with Crippen LogP contribution in [0.25, 0.3) is 0 Å². The van der Waals surface area contributed by atoms with Crippen LogP contribution >= 0.6 is 0 Å². The van der Waals surface area contributed by atoms with Gasteiger partial charge in [0, 0.05) is 32.4 Å². The molecule has 94 valence electrons. The minimum absolute atomic E-state index is 0.193. The van der Waals surface area contributed by atoms with E-state index in [1.807, 2.05) is 12.1 Å². The molecule has 0 bridgehead atoms. The highest BCUT2D eigenvalue weighted by Crippen LogP contribution is 2.04. The Labute approximate surface area is 103 Å². The van der Waals surface area contributed by atoms with Crippen molar-refractivity contribution in [2.75, 3.05) is 39.3 Å². The number of hydrogen-bond acceptors (Lipinski definition) is 3. The van der Waals surface area contributed by atoms with Gasteiger partial charge in [0.25, 0.3) is 0 Å². The van der Waals surface area contributed by atoms with Crippen molar-refractivity contribution in [3.05, 3.63) is 24.0 Å². The summed E-state index contributed by atoms with van der Waals surface area (Å²) in [6.45, 7) is 8.12. The molecule has 1 aliphatic heterocycles. The molecule has 2 heterocycles. The predicted octanol–water partition coefficient (Wildman–Crippen LogP) is 1.23. The third kappa shape index (κ3) is 3.41. The number of H-pyrrole nitrogens is 1. The van der Waals surface area contributed by atoms with E-state index in [4.69, 9.17) is 0 Å². The lowest BCUT2D eigenvalue weighted by Crippen LogP contribution is -2.48. The minimum atomic E-state index is 0.193. The Kier molecular flexibility index (Phi) is 4.34. The normalized spacial score (nSPS) is 18.4. The van der Waals surface area contributed by atoms with Crippen LogP contribution in [0.3, 0.4) is 0 Å². The monoisotopic (exact) mass is 235 g/mol. The van der Waals surface area contributed by atoms with Crippen LogP contribution in [-0.4, -0.2) is 59.8 Å². The zero-order chi connectivity index (χ0) is 12.1. The van der Waals surface area contributed by atoms with Gasteiger partial charge in [0.2, 0.25) is 0 Å². The lowest BCUT2D eigenvalue weighted by atomic mass is 10.2. The van der Waals surface area contributed by atoms with Gasteiger partial charge in [-0.2, -0.15) is 0 Å². The van der Waals surface area contributed by atoms with E-state index >= 15 is 0 Å². The molecule has 4 heteroatoms. The van der Waals surface area contributed by atoms with Crippen LogP contribution in [0.2, 0.25) is 0 Å². The van der Waals surface area contributed by atoms with Gasteiger partial charge in [0.05, 0.1) is 12.2 Å². The molecule has 1 N–H and O–H groups in total. The second-order valence-electron chi connectivity index (χ2n) is 4.62. The summed E-state index contributed by atoms with van der Waals surface area (Å²) in [7, 11) is 0.